The highest BCUT2D eigenvalue weighted by atomic mass is 16.5. The first-order chi connectivity index (χ1) is 10.3. The van der Waals surface area contributed by atoms with Gasteiger partial charge in [-0.05, 0) is 19.1 Å². The van der Waals surface area contributed by atoms with Gasteiger partial charge in [-0.1, -0.05) is 0 Å². The zero-order valence-electron chi connectivity index (χ0n) is 11.3. The molecule has 108 valence electrons. The summed E-state index contributed by atoms with van der Waals surface area (Å²) in [6, 6.07) is 3.25. The first kappa shape index (κ1) is 13.1. The Labute approximate surface area is 119 Å². The highest BCUT2D eigenvalue weighted by Crippen LogP contribution is 2.14. The van der Waals surface area contributed by atoms with Gasteiger partial charge in [-0.3, -0.25) is 9.20 Å². The van der Waals surface area contributed by atoms with Crippen LogP contribution in [0.5, 0.6) is 5.88 Å². The normalized spacial score (nSPS) is 10.7. The van der Waals surface area contributed by atoms with Crippen molar-refractivity contribution in [3.8, 4) is 5.88 Å². The van der Waals surface area contributed by atoms with E-state index in [9.17, 15) is 4.79 Å². The molecule has 3 aromatic heterocycles. The van der Waals surface area contributed by atoms with Crippen LogP contribution in [0.4, 0.5) is 0 Å². The summed E-state index contributed by atoms with van der Waals surface area (Å²) < 4.78 is 12.1. The van der Waals surface area contributed by atoms with Gasteiger partial charge in [0.15, 0.2) is 11.6 Å². The predicted octanol–water partition coefficient (Wildman–Crippen LogP) is 1.05. The SMILES string of the molecule is CCOc1nccn2c(CNC(=O)c3ccco3)nnc12. The van der Waals surface area contributed by atoms with E-state index in [1.807, 2.05) is 6.92 Å². The molecule has 0 radical (unpaired) electrons. The average Bonchev–Trinajstić information content (AvgIpc) is 3.15. The first-order valence-corrected chi connectivity index (χ1v) is 6.42. The largest absolute Gasteiger partial charge is 0.475 e. The molecule has 0 spiro atoms. The highest BCUT2D eigenvalue weighted by Gasteiger charge is 2.13. The highest BCUT2D eigenvalue weighted by molar-refractivity contribution is 5.91. The van der Waals surface area contributed by atoms with E-state index >= 15 is 0 Å². The molecule has 0 saturated heterocycles. The molecule has 0 aliphatic rings. The Bertz CT molecular complexity index is 750. The molecule has 0 aliphatic heterocycles. The topological polar surface area (TPSA) is 94.6 Å². The molecule has 8 nitrogen and oxygen atoms in total. The van der Waals surface area contributed by atoms with E-state index in [1.54, 1.807) is 28.9 Å². The van der Waals surface area contributed by atoms with Crippen LogP contribution in [0.15, 0.2) is 35.2 Å². The molecule has 3 aromatic rings. The third-order valence-electron chi connectivity index (χ3n) is 2.80. The Kier molecular flexibility index (Phi) is 3.50. The number of amides is 1. The second-order valence-corrected chi connectivity index (χ2v) is 4.14. The maximum Gasteiger partial charge on any atom is 0.287 e. The fourth-order valence-corrected chi connectivity index (χ4v) is 1.86. The number of nitrogens with zero attached hydrogens (tertiary/aromatic N) is 4. The number of carbonyl (C=O) groups excluding carboxylic acids is 1. The first-order valence-electron chi connectivity index (χ1n) is 6.42. The molecular formula is C13H13N5O3. The van der Waals surface area contributed by atoms with Gasteiger partial charge in [-0.15, -0.1) is 10.2 Å². The van der Waals surface area contributed by atoms with Crippen LogP contribution in [0.1, 0.15) is 23.3 Å². The molecule has 8 heteroatoms. The summed E-state index contributed by atoms with van der Waals surface area (Å²) in [6.45, 7) is 2.58. The molecule has 0 atom stereocenters. The Morgan fingerprint density at radius 2 is 2.38 bits per heavy atom. The van der Waals surface area contributed by atoms with Crippen molar-refractivity contribution in [3.05, 3.63) is 42.4 Å². The third kappa shape index (κ3) is 2.55. The fraction of sp³-hybridized carbons (Fsp3) is 0.231. The van der Waals surface area contributed by atoms with Crippen LogP contribution in [-0.2, 0) is 6.54 Å². The molecule has 0 aromatic carbocycles. The van der Waals surface area contributed by atoms with E-state index < -0.39 is 0 Å². The lowest BCUT2D eigenvalue weighted by Gasteiger charge is -2.04. The molecule has 1 amide bonds. The van der Waals surface area contributed by atoms with Crippen molar-refractivity contribution in [3.63, 3.8) is 0 Å². The summed E-state index contributed by atoms with van der Waals surface area (Å²) in [7, 11) is 0. The standard InChI is InChI=1S/C13H13N5O3/c1-2-20-13-11-17-16-10(18(11)6-5-14-13)8-15-12(19)9-4-3-7-21-9/h3-7H,2,8H2,1H3,(H,15,19). The number of rotatable bonds is 5. The van der Waals surface area contributed by atoms with Gasteiger partial charge in [0, 0.05) is 12.4 Å². The van der Waals surface area contributed by atoms with E-state index in [0.29, 0.717) is 24.0 Å². The van der Waals surface area contributed by atoms with Crippen LogP contribution >= 0.6 is 0 Å². The Morgan fingerprint density at radius 3 is 3.14 bits per heavy atom. The predicted molar refractivity (Wildman–Crippen MR) is 71.8 cm³/mol. The van der Waals surface area contributed by atoms with Crippen LogP contribution in [0.25, 0.3) is 5.65 Å². The van der Waals surface area contributed by atoms with Gasteiger partial charge in [-0.2, -0.15) is 0 Å². The van der Waals surface area contributed by atoms with Gasteiger partial charge in [0.05, 0.1) is 19.4 Å². The van der Waals surface area contributed by atoms with Gasteiger partial charge in [0.25, 0.3) is 11.8 Å². The number of carbonyl (C=O) groups is 1. The molecule has 0 fully saturated rings. The van der Waals surface area contributed by atoms with Gasteiger partial charge in [-0.25, -0.2) is 4.98 Å². The molecule has 3 rings (SSSR count). The summed E-state index contributed by atoms with van der Waals surface area (Å²) in [4.78, 5) is 15.9. The maximum atomic E-state index is 11.8. The summed E-state index contributed by atoms with van der Waals surface area (Å²) >= 11 is 0. The Morgan fingerprint density at radius 1 is 1.48 bits per heavy atom. The van der Waals surface area contributed by atoms with E-state index in [0.717, 1.165) is 0 Å². The zero-order chi connectivity index (χ0) is 14.7. The third-order valence-corrected chi connectivity index (χ3v) is 2.80. The smallest absolute Gasteiger partial charge is 0.287 e. The second kappa shape index (κ2) is 5.61. The molecule has 21 heavy (non-hydrogen) atoms. The second-order valence-electron chi connectivity index (χ2n) is 4.14. The minimum atomic E-state index is -0.309. The van der Waals surface area contributed by atoms with Crippen LogP contribution in [-0.4, -0.2) is 32.1 Å². The summed E-state index contributed by atoms with van der Waals surface area (Å²) in [5.41, 5.74) is 0.515. The Hall–Kier alpha value is -2.90. The number of aromatic nitrogens is 4. The van der Waals surface area contributed by atoms with Gasteiger partial charge >= 0.3 is 0 Å². The quantitative estimate of drug-likeness (QED) is 0.753. The number of furan rings is 1. The van der Waals surface area contributed by atoms with Crippen molar-refractivity contribution < 1.29 is 13.9 Å². The van der Waals surface area contributed by atoms with Crippen molar-refractivity contribution in [2.45, 2.75) is 13.5 Å². The van der Waals surface area contributed by atoms with Crippen molar-refractivity contribution in [2.75, 3.05) is 6.61 Å². The lowest BCUT2D eigenvalue weighted by atomic mass is 10.4. The fourth-order valence-electron chi connectivity index (χ4n) is 1.86. The minimum Gasteiger partial charge on any atom is -0.475 e. The van der Waals surface area contributed by atoms with Crippen LogP contribution in [0, 0.1) is 0 Å². The molecule has 0 unspecified atom stereocenters. The summed E-state index contributed by atoms with van der Waals surface area (Å²) in [6.07, 6.45) is 4.76. The number of ether oxygens (including phenoxy) is 1. The van der Waals surface area contributed by atoms with Crippen molar-refractivity contribution in [1.82, 2.24) is 24.9 Å². The average molecular weight is 287 g/mol. The van der Waals surface area contributed by atoms with Crippen LogP contribution in [0.2, 0.25) is 0 Å². The molecule has 0 aliphatic carbocycles. The van der Waals surface area contributed by atoms with E-state index in [4.69, 9.17) is 9.15 Å². The van der Waals surface area contributed by atoms with Crippen molar-refractivity contribution in [1.29, 1.82) is 0 Å². The van der Waals surface area contributed by atoms with Gasteiger partial charge < -0.3 is 14.5 Å². The summed E-state index contributed by atoms with van der Waals surface area (Å²) in [5.74, 6) is 0.931. The number of fused-ring (bicyclic) bond motifs is 1. The van der Waals surface area contributed by atoms with E-state index in [2.05, 4.69) is 20.5 Å². The molecule has 1 N–H and O–H groups in total. The lowest BCUT2D eigenvalue weighted by molar-refractivity contribution is 0.0922. The summed E-state index contributed by atoms with van der Waals surface area (Å²) in [5, 5.41) is 10.8. The van der Waals surface area contributed by atoms with Gasteiger partial charge in [0.1, 0.15) is 0 Å². The molecular weight excluding hydrogens is 274 g/mol. The number of hydrogen-bond acceptors (Lipinski definition) is 6. The van der Waals surface area contributed by atoms with Crippen LogP contribution < -0.4 is 10.1 Å². The van der Waals surface area contributed by atoms with E-state index in [-0.39, 0.29) is 18.2 Å². The molecule has 3 heterocycles. The molecule has 0 bridgehead atoms. The van der Waals surface area contributed by atoms with Gasteiger partial charge in [0.2, 0.25) is 5.65 Å². The number of nitrogens with one attached hydrogen (secondary N) is 1. The van der Waals surface area contributed by atoms with E-state index in [1.165, 1.54) is 6.26 Å². The van der Waals surface area contributed by atoms with Crippen molar-refractivity contribution >= 4 is 11.6 Å². The number of hydrogen-bond donors (Lipinski definition) is 1. The van der Waals surface area contributed by atoms with Crippen LogP contribution in [0.3, 0.4) is 0 Å². The minimum absolute atomic E-state index is 0.219. The van der Waals surface area contributed by atoms with Crippen molar-refractivity contribution in [2.24, 2.45) is 0 Å². The Balaban J connectivity index is 1.79. The molecule has 0 saturated carbocycles. The lowest BCUT2D eigenvalue weighted by Crippen LogP contribution is -2.23. The zero-order valence-corrected chi connectivity index (χ0v) is 11.3. The maximum absolute atomic E-state index is 11.8. The monoisotopic (exact) mass is 287 g/mol.